The molecule has 1 N–H and O–H groups in total. The largest absolute Gasteiger partial charge is 0.494 e. The third-order valence-corrected chi connectivity index (χ3v) is 3.34. The molecule has 1 aromatic carbocycles. The number of carbonyl (C=O) groups is 1. The number of aromatic carboxylic acids is 1. The van der Waals surface area contributed by atoms with Gasteiger partial charge in [0, 0.05) is 10.9 Å². The molecular formula is C13H13NO3S. The quantitative estimate of drug-likeness (QED) is 0.920. The van der Waals surface area contributed by atoms with Crippen molar-refractivity contribution in [2.24, 2.45) is 0 Å². The van der Waals surface area contributed by atoms with Crippen molar-refractivity contribution in [3.8, 4) is 16.3 Å². The Bertz CT molecular complexity index is 577. The van der Waals surface area contributed by atoms with Crippen LogP contribution in [0.1, 0.15) is 23.0 Å². The fraction of sp³-hybridized carbons (Fsp3) is 0.231. The lowest BCUT2D eigenvalue weighted by molar-refractivity contribution is 0.0691. The maximum atomic E-state index is 10.8. The summed E-state index contributed by atoms with van der Waals surface area (Å²) in [6, 6.07) is 5.73. The van der Waals surface area contributed by atoms with E-state index < -0.39 is 5.97 Å². The van der Waals surface area contributed by atoms with Crippen LogP contribution in [0.15, 0.2) is 23.6 Å². The molecule has 0 aliphatic heterocycles. The van der Waals surface area contributed by atoms with Gasteiger partial charge in [0.05, 0.1) is 6.61 Å². The minimum Gasteiger partial charge on any atom is -0.494 e. The van der Waals surface area contributed by atoms with E-state index in [0.29, 0.717) is 11.6 Å². The number of hydrogen-bond acceptors (Lipinski definition) is 4. The second-order valence-corrected chi connectivity index (χ2v) is 4.61. The molecule has 2 aromatic rings. The number of thiazole rings is 1. The van der Waals surface area contributed by atoms with Gasteiger partial charge in [0.2, 0.25) is 0 Å². The molecule has 2 rings (SSSR count). The van der Waals surface area contributed by atoms with E-state index in [-0.39, 0.29) is 5.69 Å². The Hall–Kier alpha value is -1.88. The number of nitrogens with zero attached hydrogens (tertiary/aromatic N) is 1. The molecule has 0 bridgehead atoms. The summed E-state index contributed by atoms with van der Waals surface area (Å²) in [6.07, 6.45) is 0. The number of aromatic nitrogens is 1. The van der Waals surface area contributed by atoms with Gasteiger partial charge in [0.1, 0.15) is 10.8 Å². The van der Waals surface area contributed by atoms with Crippen molar-refractivity contribution in [1.29, 1.82) is 0 Å². The normalized spacial score (nSPS) is 10.3. The summed E-state index contributed by atoms with van der Waals surface area (Å²) in [6.45, 7) is 4.52. The lowest BCUT2D eigenvalue weighted by Crippen LogP contribution is -1.96. The standard InChI is InChI=1S/C13H13NO3S/c1-3-17-11-5-4-9(6-8(11)2)12-14-10(7-18-12)13(15)16/h4-7H,3H2,1-2H3,(H,15,16). The van der Waals surface area contributed by atoms with E-state index >= 15 is 0 Å². The van der Waals surface area contributed by atoms with Crippen molar-refractivity contribution in [2.75, 3.05) is 6.61 Å². The molecule has 4 nitrogen and oxygen atoms in total. The molecule has 0 aliphatic rings. The third kappa shape index (κ3) is 2.51. The van der Waals surface area contributed by atoms with Crippen LogP contribution in [0, 0.1) is 6.92 Å². The van der Waals surface area contributed by atoms with Crippen LogP contribution >= 0.6 is 11.3 Å². The van der Waals surface area contributed by atoms with Gasteiger partial charge in [0.15, 0.2) is 5.69 Å². The molecule has 18 heavy (non-hydrogen) atoms. The van der Waals surface area contributed by atoms with E-state index in [4.69, 9.17) is 9.84 Å². The van der Waals surface area contributed by atoms with Gasteiger partial charge >= 0.3 is 5.97 Å². The Kier molecular flexibility index (Phi) is 3.62. The zero-order valence-corrected chi connectivity index (χ0v) is 11.0. The smallest absolute Gasteiger partial charge is 0.355 e. The fourth-order valence-electron chi connectivity index (χ4n) is 1.60. The fourth-order valence-corrected chi connectivity index (χ4v) is 2.40. The summed E-state index contributed by atoms with van der Waals surface area (Å²) in [5.74, 6) is -0.156. The molecule has 0 unspecified atom stereocenters. The van der Waals surface area contributed by atoms with Crippen LogP contribution in [0.5, 0.6) is 5.75 Å². The van der Waals surface area contributed by atoms with Gasteiger partial charge in [-0.1, -0.05) is 0 Å². The Morgan fingerprint density at radius 2 is 2.28 bits per heavy atom. The summed E-state index contributed by atoms with van der Waals surface area (Å²) in [7, 11) is 0. The van der Waals surface area contributed by atoms with Gasteiger partial charge in [-0.05, 0) is 37.6 Å². The Morgan fingerprint density at radius 3 is 2.83 bits per heavy atom. The Labute approximate surface area is 109 Å². The van der Waals surface area contributed by atoms with Gasteiger partial charge < -0.3 is 9.84 Å². The Morgan fingerprint density at radius 1 is 1.50 bits per heavy atom. The molecule has 0 radical (unpaired) electrons. The Balaban J connectivity index is 2.33. The molecular weight excluding hydrogens is 250 g/mol. The van der Waals surface area contributed by atoms with Crippen LogP contribution < -0.4 is 4.74 Å². The van der Waals surface area contributed by atoms with Gasteiger partial charge in [-0.2, -0.15) is 0 Å². The van der Waals surface area contributed by atoms with Crippen molar-refractivity contribution in [2.45, 2.75) is 13.8 Å². The highest BCUT2D eigenvalue weighted by molar-refractivity contribution is 7.13. The first kappa shape index (κ1) is 12.6. The van der Waals surface area contributed by atoms with Crippen molar-refractivity contribution in [1.82, 2.24) is 4.98 Å². The summed E-state index contributed by atoms with van der Waals surface area (Å²) >= 11 is 1.33. The number of ether oxygens (including phenoxy) is 1. The molecule has 1 aromatic heterocycles. The molecule has 5 heteroatoms. The second-order valence-electron chi connectivity index (χ2n) is 3.76. The number of carboxylic acid groups (broad SMARTS) is 1. The van der Waals surface area contributed by atoms with Gasteiger partial charge in [0.25, 0.3) is 0 Å². The topological polar surface area (TPSA) is 59.4 Å². The third-order valence-electron chi connectivity index (χ3n) is 2.45. The summed E-state index contributed by atoms with van der Waals surface area (Å²) in [5, 5.41) is 11.1. The van der Waals surface area contributed by atoms with Crippen LogP contribution in [0.3, 0.4) is 0 Å². The molecule has 1 heterocycles. The number of carboxylic acids is 1. The monoisotopic (exact) mass is 263 g/mol. The molecule has 94 valence electrons. The van der Waals surface area contributed by atoms with Crippen molar-refractivity contribution >= 4 is 17.3 Å². The van der Waals surface area contributed by atoms with Crippen LogP contribution in [0.4, 0.5) is 0 Å². The number of benzene rings is 1. The highest BCUT2D eigenvalue weighted by Crippen LogP contribution is 2.28. The van der Waals surface area contributed by atoms with Gasteiger partial charge in [-0.25, -0.2) is 9.78 Å². The van der Waals surface area contributed by atoms with E-state index in [9.17, 15) is 4.79 Å². The number of aryl methyl sites for hydroxylation is 1. The average molecular weight is 263 g/mol. The van der Waals surface area contributed by atoms with E-state index in [1.807, 2.05) is 32.0 Å². The predicted octanol–water partition coefficient (Wildman–Crippen LogP) is 3.22. The molecule has 0 saturated heterocycles. The van der Waals surface area contributed by atoms with E-state index in [1.54, 1.807) is 5.38 Å². The molecule has 0 fully saturated rings. The zero-order valence-electron chi connectivity index (χ0n) is 10.1. The number of hydrogen-bond donors (Lipinski definition) is 1. The second kappa shape index (κ2) is 5.18. The highest BCUT2D eigenvalue weighted by atomic mass is 32.1. The first-order chi connectivity index (χ1) is 8.61. The highest BCUT2D eigenvalue weighted by Gasteiger charge is 2.11. The van der Waals surface area contributed by atoms with Gasteiger partial charge in [-0.3, -0.25) is 0 Å². The predicted molar refractivity (Wildman–Crippen MR) is 70.4 cm³/mol. The van der Waals surface area contributed by atoms with Crippen LogP contribution in [0.25, 0.3) is 10.6 Å². The molecule has 0 saturated carbocycles. The van der Waals surface area contributed by atoms with Crippen molar-refractivity contribution in [3.63, 3.8) is 0 Å². The minimum absolute atomic E-state index is 0.0848. The lowest BCUT2D eigenvalue weighted by atomic mass is 10.1. The first-order valence-electron chi connectivity index (χ1n) is 5.54. The minimum atomic E-state index is -1.000. The lowest BCUT2D eigenvalue weighted by Gasteiger charge is -2.07. The first-order valence-corrected chi connectivity index (χ1v) is 6.42. The average Bonchev–Trinajstić information content (AvgIpc) is 2.81. The van der Waals surface area contributed by atoms with Crippen molar-refractivity contribution < 1.29 is 14.6 Å². The molecule has 0 spiro atoms. The van der Waals surface area contributed by atoms with E-state index in [1.165, 1.54) is 11.3 Å². The summed E-state index contributed by atoms with van der Waals surface area (Å²) in [5.41, 5.74) is 2.01. The zero-order chi connectivity index (χ0) is 13.1. The SMILES string of the molecule is CCOc1ccc(-c2nc(C(=O)O)cs2)cc1C. The molecule has 0 atom stereocenters. The van der Waals surface area contributed by atoms with Crippen LogP contribution in [-0.2, 0) is 0 Å². The van der Waals surface area contributed by atoms with Gasteiger partial charge in [-0.15, -0.1) is 11.3 Å². The molecule has 0 aliphatic carbocycles. The van der Waals surface area contributed by atoms with E-state index in [0.717, 1.165) is 16.9 Å². The maximum Gasteiger partial charge on any atom is 0.355 e. The van der Waals surface area contributed by atoms with E-state index in [2.05, 4.69) is 4.98 Å². The number of rotatable bonds is 4. The summed E-state index contributed by atoms with van der Waals surface area (Å²) in [4.78, 5) is 14.9. The van der Waals surface area contributed by atoms with Crippen molar-refractivity contribution in [3.05, 3.63) is 34.8 Å². The summed E-state index contributed by atoms with van der Waals surface area (Å²) < 4.78 is 5.46. The van der Waals surface area contributed by atoms with Crippen LogP contribution in [0.2, 0.25) is 0 Å². The van der Waals surface area contributed by atoms with Crippen LogP contribution in [-0.4, -0.2) is 22.7 Å². The molecule has 0 amide bonds. The maximum absolute atomic E-state index is 10.8.